The van der Waals surface area contributed by atoms with Gasteiger partial charge in [-0.1, -0.05) is 33.6 Å². The van der Waals surface area contributed by atoms with E-state index < -0.39 is 0 Å². The molecular formula is C10H18. The summed E-state index contributed by atoms with van der Waals surface area (Å²) in [5.41, 5.74) is 0. The first-order valence-electron chi connectivity index (χ1n) is 4.29. The third-order valence-electron chi connectivity index (χ3n) is 1.52. The van der Waals surface area contributed by atoms with E-state index in [9.17, 15) is 0 Å². The fourth-order valence-electron chi connectivity index (χ4n) is 0.859. The third kappa shape index (κ3) is 5.69. The SMILES string of the molecule is CCC#CC(C)CCCC. The van der Waals surface area contributed by atoms with Gasteiger partial charge in [0.05, 0.1) is 0 Å². The van der Waals surface area contributed by atoms with Gasteiger partial charge in [-0.3, -0.25) is 0 Å². The van der Waals surface area contributed by atoms with Crippen molar-refractivity contribution in [2.24, 2.45) is 5.92 Å². The van der Waals surface area contributed by atoms with Crippen molar-refractivity contribution in [2.75, 3.05) is 0 Å². The molecule has 0 rings (SSSR count). The average molecular weight is 138 g/mol. The van der Waals surface area contributed by atoms with Gasteiger partial charge in [0, 0.05) is 12.3 Å². The molecule has 0 aliphatic rings. The lowest BCUT2D eigenvalue weighted by atomic mass is 10.1. The molecule has 0 N–H and O–H groups in total. The number of hydrogen-bond acceptors (Lipinski definition) is 0. The van der Waals surface area contributed by atoms with Crippen molar-refractivity contribution in [3.63, 3.8) is 0 Å². The Balaban J connectivity index is 3.33. The highest BCUT2D eigenvalue weighted by Crippen LogP contribution is 2.05. The first kappa shape index (κ1) is 9.56. The lowest BCUT2D eigenvalue weighted by Crippen LogP contribution is -1.88. The molecule has 0 heteroatoms. The van der Waals surface area contributed by atoms with Gasteiger partial charge in [0.15, 0.2) is 0 Å². The van der Waals surface area contributed by atoms with Gasteiger partial charge >= 0.3 is 0 Å². The minimum Gasteiger partial charge on any atom is -0.103 e. The summed E-state index contributed by atoms with van der Waals surface area (Å²) in [6, 6.07) is 0. The van der Waals surface area contributed by atoms with Gasteiger partial charge in [0.1, 0.15) is 0 Å². The molecule has 0 saturated heterocycles. The molecule has 0 amide bonds. The molecule has 0 aliphatic carbocycles. The number of unbranched alkanes of at least 4 members (excludes halogenated alkanes) is 1. The summed E-state index contributed by atoms with van der Waals surface area (Å²) < 4.78 is 0. The van der Waals surface area contributed by atoms with Gasteiger partial charge in [-0.25, -0.2) is 0 Å². The van der Waals surface area contributed by atoms with E-state index in [1.807, 2.05) is 0 Å². The van der Waals surface area contributed by atoms with Crippen molar-refractivity contribution in [1.29, 1.82) is 0 Å². The molecule has 1 unspecified atom stereocenters. The van der Waals surface area contributed by atoms with Crippen LogP contribution in [0.4, 0.5) is 0 Å². The zero-order chi connectivity index (χ0) is 7.82. The first-order chi connectivity index (χ1) is 4.81. The van der Waals surface area contributed by atoms with E-state index in [0.29, 0.717) is 5.92 Å². The summed E-state index contributed by atoms with van der Waals surface area (Å²) in [4.78, 5) is 0. The van der Waals surface area contributed by atoms with Crippen LogP contribution in [-0.2, 0) is 0 Å². The van der Waals surface area contributed by atoms with Crippen LogP contribution in [0.5, 0.6) is 0 Å². The van der Waals surface area contributed by atoms with Crippen LogP contribution in [0, 0.1) is 17.8 Å². The van der Waals surface area contributed by atoms with E-state index in [-0.39, 0.29) is 0 Å². The van der Waals surface area contributed by atoms with Crippen molar-refractivity contribution >= 4 is 0 Å². The van der Waals surface area contributed by atoms with E-state index in [2.05, 4.69) is 32.6 Å². The van der Waals surface area contributed by atoms with Crippen molar-refractivity contribution < 1.29 is 0 Å². The summed E-state index contributed by atoms with van der Waals surface area (Å²) in [6.07, 6.45) is 4.87. The molecule has 0 heterocycles. The summed E-state index contributed by atoms with van der Waals surface area (Å²) in [6.45, 7) is 6.53. The Labute approximate surface area is 65.0 Å². The molecule has 0 fully saturated rings. The van der Waals surface area contributed by atoms with Gasteiger partial charge in [-0.15, -0.1) is 11.8 Å². The molecular weight excluding hydrogens is 120 g/mol. The Morgan fingerprint density at radius 2 is 2.00 bits per heavy atom. The maximum Gasteiger partial charge on any atom is 0.0174 e. The average Bonchev–Trinajstić information content (AvgIpc) is 1.97. The Bertz CT molecular complexity index is 114. The second kappa shape index (κ2) is 6.68. The number of rotatable bonds is 3. The van der Waals surface area contributed by atoms with Crippen LogP contribution in [0.3, 0.4) is 0 Å². The fraction of sp³-hybridized carbons (Fsp3) is 0.800. The Morgan fingerprint density at radius 3 is 2.50 bits per heavy atom. The molecule has 0 aromatic rings. The number of hydrogen-bond donors (Lipinski definition) is 0. The topological polar surface area (TPSA) is 0 Å². The van der Waals surface area contributed by atoms with Crippen LogP contribution in [0.15, 0.2) is 0 Å². The third-order valence-corrected chi connectivity index (χ3v) is 1.52. The second-order valence-electron chi connectivity index (χ2n) is 2.72. The predicted molar refractivity (Wildman–Crippen MR) is 46.8 cm³/mol. The highest BCUT2D eigenvalue weighted by molar-refractivity contribution is 5.01. The van der Waals surface area contributed by atoms with Crippen LogP contribution in [-0.4, -0.2) is 0 Å². The van der Waals surface area contributed by atoms with Crippen LogP contribution in [0.2, 0.25) is 0 Å². The van der Waals surface area contributed by atoms with Crippen LogP contribution in [0.25, 0.3) is 0 Å². The van der Waals surface area contributed by atoms with Crippen LogP contribution < -0.4 is 0 Å². The van der Waals surface area contributed by atoms with Gasteiger partial charge in [0.25, 0.3) is 0 Å². The predicted octanol–water partition coefficient (Wildman–Crippen LogP) is 3.23. The first-order valence-corrected chi connectivity index (χ1v) is 4.29. The van der Waals surface area contributed by atoms with E-state index in [1.54, 1.807) is 0 Å². The van der Waals surface area contributed by atoms with Gasteiger partial charge in [-0.2, -0.15) is 0 Å². The normalized spacial score (nSPS) is 11.9. The molecule has 0 nitrogen and oxygen atoms in total. The zero-order valence-corrected chi connectivity index (χ0v) is 7.41. The quantitative estimate of drug-likeness (QED) is 0.525. The van der Waals surface area contributed by atoms with E-state index in [1.165, 1.54) is 19.3 Å². The van der Waals surface area contributed by atoms with Crippen LogP contribution >= 0.6 is 0 Å². The molecule has 1 atom stereocenters. The molecule has 58 valence electrons. The molecule has 0 aromatic heterocycles. The van der Waals surface area contributed by atoms with Crippen molar-refractivity contribution in [3.05, 3.63) is 0 Å². The van der Waals surface area contributed by atoms with Gasteiger partial charge in [0.2, 0.25) is 0 Å². The standard InChI is InChI=1S/C10H18/c1-4-6-8-10(3)9-7-5-2/h10H,4-6,8H2,1-3H3. The smallest absolute Gasteiger partial charge is 0.0174 e. The summed E-state index contributed by atoms with van der Waals surface area (Å²) in [7, 11) is 0. The van der Waals surface area contributed by atoms with E-state index in [4.69, 9.17) is 0 Å². The lowest BCUT2D eigenvalue weighted by molar-refractivity contribution is 0.613. The van der Waals surface area contributed by atoms with Gasteiger partial charge in [-0.05, 0) is 6.42 Å². The zero-order valence-electron chi connectivity index (χ0n) is 7.41. The minimum atomic E-state index is 0.611. The van der Waals surface area contributed by atoms with Gasteiger partial charge < -0.3 is 0 Å². The second-order valence-corrected chi connectivity index (χ2v) is 2.72. The maximum atomic E-state index is 3.22. The van der Waals surface area contributed by atoms with Crippen molar-refractivity contribution in [2.45, 2.75) is 46.5 Å². The van der Waals surface area contributed by atoms with E-state index in [0.717, 1.165) is 6.42 Å². The fourth-order valence-corrected chi connectivity index (χ4v) is 0.859. The van der Waals surface area contributed by atoms with Crippen molar-refractivity contribution in [1.82, 2.24) is 0 Å². The summed E-state index contributed by atoms with van der Waals surface area (Å²) in [5, 5.41) is 0. The molecule has 0 aromatic carbocycles. The molecule has 0 radical (unpaired) electrons. The monoisotopic (exact) mass is 138 g/mol. The highest BCUT2D eigenvalue weighted by atomic mass is 14.0. The van der Waals surface area contributed by atoms with E-state index >= 15 is 0 Å². The van der Waals surface area contributed by atoms with Crippen molar-refractivity contribution in [3.8, 4) is 11.8 Å². The Kier molecular flexibility index (Phi) is 6.38. The molecule has 0 bridgehead atoms. The maximum absolute atomic E-state index is 3.22. The molecule has 0 saturated carbocycles. The summed E-state index contributed by atoms with van der Waals surface area (Å²) >= 11 is 0. The summed E-state index contributed by atoms with van der Waals surface area (Å²) in [5.74, 6) is 6.94. The highest BCUT2D eigenvalue weighted by Gasteiger charge is 1.93. The Morgan fingerprint density at radius 1 is 1.30 bits per heavy atom. The lowest BCUT2D eigenvalue weighted by Gasteiger charge is -1.99. The molecule has 0 aliphatic heterocycles. The largest absolute Gasteiger partial charge is 0.103 e. The Hall–Kier alpha value is -0.440. The molecule has 10 heavy (non-hydrogen) atoms. The minimum absolute atomic E-state index is 0.611. The molecule has 0 spiro atoms. The van der Waals surface area contributed by atoms with Crippen LogP contribution in [0.1, 0.15) is 46.5 Å².